The van der Waals surface area contributed by atoms with Crippen LogP contribution in [0.15, 0.2) is 15.0 Å². The summed E-state index contributed by atoms with van der Waals surface area (Å²) in [6, 6.07) is 1.65. The van der Waals surface area contributed by atoms with Crippen LogP contribution in [0.25, 0.3) is 0 Å². The Morgan fingerprint density at radius 3 is 2.37 bits per heavy atom. The molecule has 4 N–H and O–H groups in total. The van der Waals surface area contributed by atoms with Crippen molar-refractivity contribution in [2.75, 3.05) is 6.54 Å². The van der Waals surface area contributed by atoms with Crippen molar-refractivity contribution in [3.8, 4) is 5.75 Å². The Morgan fingerprint density at radius 2 is 1.89 bits per heavy atom. The molecule has 6 heteroatoms. The van der Waals surface area contributed by atoms with Crippen molar-refractivity contribution in [3.63, 3.8) is 0 Å². The smallest absolute Gasteiger partial charge is 0.136 e. The van der Waals surface area contributed by atoms with Crippen LogP contribution in [0, 0.1) is 0 Å². The lowest BCUT2D eigenvalue weighted by molar-refractivity contribution is 0.162. The summed E-state index contributed by atoms with van der Waals surface area (Å²) < 4.78 is 0.975. The summed E-state index contributed by atoms with van der Waals surface area (Å²) in [5.74, 6) is -0.0193. The number of halogens is 2. The Hall–Kier alpha value is -0.140. The van der Waals surface area contributed by atoms with E-state index in [1.54, 1.807) is 6.07 Å². The predicted octanol–water partition coefficient (Wildman–Crippen LogP) is 2.83. The van der Waals surface area contributed by atoms with Gasteiger partial charge in [-0.25, -0.2) is 0 Å². The molecule has 0 heterocycles. The van der Waals surface area contributed by atoms with Gasteiger partial charge < -0.3 is 20.6 Å². The molecule has 1 atom stereocenters. The summed E-state index contributed by atoms with van der Waals surface area (Å²) in [6.45, 7) is 6.12. The fourth-order valence-electron chi connectivity index (χ4n) is 1.59. The first-order valence-corrected chi connectivity index (χ1v) is 7.49. The van der Waals surface area contributed by atoms with Gasteiger partial charge in [0.2, 0.25) is 0 Å². The number of aromatic hydroxyl groups is 1. The molecule has 1 rings (SSSR count). The number of phenols is 1. The van der Waals surface area contributed by atoms with E-state index in [4.69, 9.17) is 0 Å². The molecule has 0 amide bonds. The van der Waals surface area contributed by atoms with E-state index in [1.807, 2.05) is 20.8 Å². The van der Waals surface area contributed by atoms with E-state index in [1.165, 1.54) is 0 Å². The van der Waals surface area contributed by atoms with E-state index in [0.29, 0.717) is 26.6 Å². The van der Waals surface area contributed by atoms with Gasteiger partial charge in [-0.3, -0.25) is 0 Å². The Morgan fingerprint density at radius 1 is 1.32 bits per heavy atom. The SMILES string of the molecule is CC(C)(C)NCC(O)c1cc(Br)c(O)c(CO)c1Br. The highest BCUT2D eigenvalue weighted by molar-refractivity contribution is 9.11. The minimum Gasteiger partial charge on any atom is -0.506 e. The molecule has 0 saturated carbocycles. The normalized spacial score (nSPS) is 13.6. The number of aliphatic hydroxyl groups is 2. The molecule has 0 aliphatic heterocycles. The maximum atomic E-state index is 10.2. The lowest BCUT2D eigenvalue weighted by Gasteiger charge is -2.24. The van der Waals surface area contributed by atoms with Crippen molar-refractivity contribution in [1.29, 1.82) is 0 Å². The summed E-state index contributed by atoms with van der Waals surface area (Å²) in [5.41, 5.74) is 0.881. The van der Waals surface area contributed by atoms with Gasteiger partial charge >= 0.3 is 0 Å². The minimum atomic E-state index is -0.740. The van der Waals surface area contributed by atoms with Gasteiger partial charge in [-0.15, -0.1) is 0 Å². The van der Waals surface area contributed by atoms with E-state index >= 15 is 0 Å². The van der Waals surface area contributed by atoms with Gasteiger partial charge in [0.05, 0.1) is 17.2 Å². The van der Waals surface area contributed by atoms with Gasteiger partial charge in [0.25, 0.3) is 0 Å². The van der Waals surface area contributed by atoms with Crippen molar-refractivity contribution in [2.45, 2.75) is 39.0 Å². The summed E-state index contributed by atoms with van der Waals surface area (Å²) in [6.07, 6.45) is -0.740. The number of β-amino-alcohol motifs (C(OH)–C–C–N with tert-alkyl or cyclic N) is 1. The second-order valence-electron chi connectivity index (χ2n) is 5.39. The van der Waals surface area contributed by atoms with Crippen LogP contribution < -0.4 is 5.32 Å². The van der Waals surface area contributed by atoms with E-state index in [-0.39, 0.29) is 17.9 Å². The molecule has 1 unspecified atom stereocenters. The quantitative estimate of drug-likeness (QED) is 0.631. The van der Waals surface area contributed by atoms with Crippen LogP contribution in [0.3, 0.4) is 0 Å². The average molecular weight is 397 g/mol. The molecule has 4 nitrogen and oxygen atoms in total. The third kappa shape index (κ3) is 4.43. The molecular formula is C13H19Br2NO3. The molecular weight excluding hydrogens is 378 g/mol. The molecule has 0 spiro atoms. The standard InChI is InChI=1S/C13H19Br2NO3/c1-13(2,3)16-5-10(18)7-4-9(14)12(19)8(6-17)11(7)15/h4,10,16-19H,5-6H2,1-3H3. The highest BCUT2D eigenvalue weighted by Gasteiger charge is 2.20. The van der Waals surface area contributed by atoms with Crippen molar-refractivity contribution in [1.82, 2.24) is 5.32 Å². The topological polar surface area (TPSA) is 72.7 Å². The van der Waals surface area contributed by atoms with Crippen molar-refractivity contribution < 1.29 is 15.3 Å². The molecule has 0 aliphatic rings. The van der Waals surface area contributed by atoms with E-state index in [9.17, 15) is 15.3 Å². The van der Waals surface area contributed by atoms with Crippen molar-refractivity contribution in [3.05, 3.63) is 26.1 Å². The van der Waals surface area contributed by atoms with Gasteiger partial charge in [0.15, 0.2) is 0 Å². The molecule has 0 radical (unpaired) electrons. The van der Waals surface area contributed by atoms with Crippen LogP contribution in [-0.4, -0.2) is 27.4 Å². The largest absolute Gasteiger partial charge is 0.506 e. The summed E-state index contributed by atoms with van der Waals surface area (Å²) in [7, 11) is 0. The molecule has 108 valence electrons. The zero-order valence-corrected chi connectivity index (χ0v) is 14.3. The minimum absolute atomic E-state index is 0.0193. The first-order chi connectivity index (χ1) is 8.67. The van der Waals surface area contributed by atoms with Crippen LogP contribution in [-0.2, 0) is 6.61 Å². The summed E-state index contributed by atoms with van der Waals surface area (Å²) in [4.78, 5) is 0. The van der Waals surface area contributed by atoms with E-state index < -0.39 is 6.10 Å². The average Bonchev–Trinajstić information content (AvgIpc) is 2.30. The van der Waals surface area contributed by atoms with Crippen molar-refractivity contribution >= 4 is 31.9 Å². The molecule has 0 bridgehead atoms. The Labute approximate surface area is 130 Å². The second kappa shape index (κ2) is 6.54. The van der Waals surface area contributed by atoms with Crippen LogP contribution in [0.5, 0.6) is 5.75 Å². The highest BCUT2D eigenvalue weighted by Crippen LogP contribution is 2.38. The zero-order valence-electron chi connectivity index (χ0n) is 11.2. The third-order valence-corrected chi connectivity index (χ3v) is 4.20. The predicted molar refractivity (Wildman–Crippen MR) is 82.1 cm³/mol. The fraction of sp³-hybridized carbons (Fsp3) is 0.538. The molecule has 1 aromatic rings. The molecule has 0 aromatic heterocycles. The van der Waals surface area contributed by atoms with Gasteiger partial charge in [-0.2, -0.15) is 0 Å². The Balaban J connectivity index is 3.04. The van der Waals surface area contributed by atoms with Crippen LogP contribution in [0.2, 0.25) is 0 Å². The maximum Gasteiger partial charge on any atom is 0.136 e. The third-order valence-electron chi connectivity index (χ3n) is 2.66. The van der Waals surface area contributed by atoms with Crippen LogP contribution in [0.1, 0.15) is 38.0 Å². The van der Waals surface area contributed by atoms with E-state index in [0.717, 1.165) is 0 Å². The van der Waals surface area contributed by atoms with Gasteiger partial charge in [0.1, 0.15) is 5.75 Å². The lowest BCUT2D eigenvalue weighted by atomic mass is 10.0. The lowest BCUT2D eigenvalue weighted by Crippen LogP contribution is -2.38. The van der Waals surface area contributed by atoms with Gasteiger partial charge in [0, 0.05) is 22.1 Å². The second-order valence-corrected chi connectivity index (χ2v) is 7.04. The summed E-state index contributed by atoms with van der Waals surface area (Å²) >= 11 is 6.54. The van der Waals surface area contributed by atoms with Gasteiger partial charge in [-0.1, -0.05) is 0 Å². The summed E-state index contributed by atoms with van der Waals surface area (Å²) in [5, 5.41) is 32.5. The molecule has 0 aliphatic carbocycles. The molecule has 0 saturated heterocycles. The van der Waals surface area contributed by atoms with Gasteiger partial charge in [-0.05, 0) is 64.3 Å². The Bertz CT molecular complexity index is 458. The van der Waals surface area contributed by atoms with E-state index in [2.05, 4.69) is 37.2 Å². The number of hydrogen-bond donors (Lipinski definition) is 4. The highest BCUT2D eigenvalue weighted by atomic mass is 79.9. The number of aliphatic hydroxyl groups excluding tert-OH is 2. The maximum absolute atomic E-state index is 10.2. The molecule has 0 fully saturated rings. The first kappa shape index (κ1) is 16.9. The first-order valence-electron chi connectivity index (χ1n) is 5.91. The fourth-order valence-corrected chi connectivity index (χ4v) is 2.77. The monoisotopic (exact) mass is 395 g/mol. The molecule has 1 aromatic carbocycles. The number of hydrogen-bond acceptors (Lipinski definition) is 4. The Kier molecular flexibility index (Phi) is 5.82. The van der Waals surface area contributed by atoms with Crippen LogP contribution >= 0.6 is 31.9 Å². The van der Waals surface area contributed by atoms with Crippen molar-refractivity contribution in [2.24, 2.45) is 0 Å². The molecule has 19 heavy (non-hydrogen) atoms. The number of nitrogens with one attached hydrogen (secondary N) is 1. The number of benzene rings is 1. The number of rotatable bonds is 4. The zero-order chi connectivity index (χ0) is 14.8. The van der Waals surface area contributed by atoms with Crippen LogP contribution in [0.4, 0.5) is 0 Å².